The minimum absolute atomic E-state index is 0.245. The van der Waals surface area contributed by atoms with Crippen molar-refractivity contribution in [2.24, 2.45) is 20.2 Å². The van der Waals surface area contributed by atoms with Gasteiger partial charge in [0.25, 0.3) is 0 Å². The number of hydrogen-bond acceptors (Lipinski definition) is 6. The fourth-order valence-corrected chi connectivity index (χ4v) is 3.96. The topological polar surface area (TPSA) is 61.9 Å². The van der Waals surface area contributed by atoms with Crippen molar-refractivity contribution in [2.45, 2.75) is 52.6 Å². The highest BCUT2D eigenvalue weighted by Gasteiger charge is 2.36. The standard InChI is InChI=1S/C25H31N5OS/c1-24(2,3)27-21-22(28-25(4,5)6)32-23(30(21)19-11-9-8-10-12-19)29-26-17-18-13-15-20(31-7)16-14-18/h8-17H,1-7H3/b26-17+,27-21?,28-22?,29-23-. The lowest BCUT2D eigenvalue weighted by atomic mass is 10.1. The number of ether oxygens (including phenoxy) is 1. The highest BCUT2D eigenvalue weighted by Crippen LogP contribution is 2.32. The van der Waals surface area contributed by atoms with Crippen LogP contribution in [0.25, 0.3) is 0 Å². The van der Waals surface area contributed by atoms with Gasteiger partial charge in [-0.15, -0.1) is 5.10 Å². The Kier molecular flexibility index (Phi) is 7.19. The average Bonchev–Trinajstić information content (AvgIpc) is 3.02. The van der Waals surface area contributed by atoms with E-state index in [9.17, 15) is 0 Å². The number of para-hydroxylation sites is 1. The van der Waals surface area contributed by atoms with E-state index in [1.54, 1.807) is 13.3 Å². The molecule has 2 aromatic rings. The molecule has 0 spiro atoms. The molecule has 0 aliphatic carbocycles. The molecule has 32 heavy (non-hydrogen) atoms. The number of rotatable bonds is 4. The average molecular weight is 450 g/mol. The van der Waals surface area contributed by atoms with E-state index in [4.69, 9.17) is 14.7 Å². The zero-order chi connectivity index (χ0) is 23.4. The van der Waals surface area contributed by atoms with Gasteiger partial charge in [0, 0.05) is 5.69 Å². The van der Waals surface area contributed by atoms with Crippen molar-refractivity contribution in [3.8, 4) is 5.75 Å². The summed E-state index contributed by atoms with van der Waals surface area (Å²) in [4.78, 5) is 12.0. The van der Waals surface area contributed by atoms with E-state index in [-0.39, 0.29) is 11.1 Å². The highest BCUT2D eigenvalue weighted by atomic mass is 32.2. The van der Waals surface area contributed by atoms with E-state index in [2.05, 4.69) is 51.7 Å². The predicted molar refractivity (Wildman–Crippen MR) is 139 cm³/mol. The molecule has 6 nitrogen and oxygen atoms in total. The molecule has 1 saturated heterocycles. The van der Waals surface area contributed by atoms with Gasteiger partial charge >= 0.3 is 0 Å². The van der Waals surface area contributed by atoms with Crippen LogP contribution >= 0.6 is 11.8 Å². The summed E-state index contributed by atoms with van der Waals surface area (Å²) in [5, 5.41) is 10.5. The molecule has 7 heteroatoms. The summed E-state index contributed by atoms with van der Waals surface area (Å²) in [7, 11) is 1.65. The van der Waals surface area contributed by atoms with Crippen molar-refractivity contribution in [1.29, 1.82) is 0 Å². The lowest BCUT2D eigenvalue weighted by Crippen LogP contribution is -2.34. The third-order valence-electron chi connectivity index (χ3n) is 4.14. The van der Waals surface area contributed by atoms with Crippen LogP contribution in [0.3, 0.4) is 0 Å². The second-order valence-electron chi connectivity index (χ2n) is 9.37. The van der Waals surface area contributed by atoms with Gasteiger partial charge < -0.3 is 4.74 Å². The Morgan fingerprint density at radius 3 is 2.03 bits per heavy atom. The summed E-state index contributed by atoms with van der Waals surface area (Å²) in [5.41, 5.74) is 1.39. The Labute approximate surface area is 195 Å². The van der Waals surface area contributed by atoms with Crippen molar-refractivity contribution in [3.05, 3.63) is 60.2 Å². The van der Waals surface area contributed by atoms with E-state index in [0.717, 1.165) is 27.9 Å². The molecule has 0 saturated carbocycles. The van der Waals surface area contributed by atoms with Crippen molar-refractivity contribution in [1.82, 2.24) is 0 Å². The third-order valence-corrected chi connectivity index (χ3v) is 5.05. The zero-order valence-corrected chi connectivity index (χ0v) is 20.6. The molecule has 1 fully saturated rings. The summed E-state index contributed by atoms with van der Waals surface area (Å²) in [5.74, 6) is 1.60. The summed E-state index contributed by atoms with van der Waals surface area (Å²) >= 11 is 1.49. The van der Waals surface area contributed by atoms with Crippen LogP contribution in [0.5, 0.6) is 5.75 Å². The molecule has 0 unspecified atom stereocenters. The molecule has 0 N–H and O–H groups in total. The van der Waals surface area contributed by atoms with E-state index in [0.29, 0.717) is 5.17 Å². The summed E-state index contributed by atoms with van der Waals surface area (Å²) in [6, 6.07) is 17.8. The van der Waals surface area contributed by atoms with Crippen molar-refractivity contribution in [3.63, 3.8) is 0 Å². The largest absolute Gasteiger partial charge is 0.497 e. The minimum Gasteiger partial charge on any atom is -0.497 e. The monoisotopic (exact) mass is 449 g/mol. The number of amidine groups is 2. The Morgan fingerprint density at radius 1 is 0.844 bits per heavy atom. The number of benzene rings is 2. The van der Waals surface area contributed by atoms with Crippen LogP contribution in [0.2, 0.25) is 0 Å². The van der Waals surface area contributed by atoms with Crippen LogP contribution in [0.15, 0.2) is 74.8 Å². The number of methoxy groups -OCH3 is 1. The molecule has 1 heterocycles. The van der Waals surface area contributed by atoms with Gasteiger partial charge in [0.1, 0.15) is 10.8 Å². The normalized spacial score (nSPS) is 19.0. The Balaban J connectivity index is 2.06. The molecule has 2 aromatic carbocycles. The van der Waals surface area contributed by atoms with Crippen molar-refractivity contribution in [2.75, 3.05) is 12.0 Å². The first-order valence-electron chi connectivity index (χ1n) is 10.5. The fourth-order valence-electron chi connectivity index (χ4n) is 2.87. The van der Waals surface area contributed by atoms with E-state index in [1.165, 1.54) is 11.8 Å². The van der Waals surface area contributed by atoms with Crippen LogP contribution < -0.4 is 9.64 Å². The molecule has 1 aliphatic rings. The maximum absolute atomic E-state index is 5.21. The zero-order valence-electron chi connectivity index (χ0n) is 19.8. The predicted octanol–water partition coefficient (Wildman–Crippen LogP) is 6.03. The SMILES string of the molecule is COc1ccc(/C=N/N=C2\SC(=NC(C)(C)C)C(=NC(C)(C)C)N2c2ccccc2)cc1. The van der Waals surface area contributed by atoms with E-state index in [1.807, 2.05) is 59.5 Å². The lowest BCUT2D eigenvalue weighted by Gasteiger charge is -2.22. The number of aliphatic imine (C=N–C) groups is 2. The molecular formula is C25H31N5OS. The minimum atomic E-state index is -0.274. The van der Waals surface area contributed by atoms with Gasteiger partial charge in [-0.3, -0.25) is 14.9 Å². The van der Waals surface area contributed by atoms with Gasteiger partial charge in [-0.25, -0.2) is 0 Å². The van der Waals surface area contributed by atoms with Crippen molar-refractivity contribution < 1.29 is 4.74 Å². The number of thioether (sulfide) groups is 1. The molecule has 1 aliphatic heterocycles. The van der Waals surface area contributed by atoms with Gasteiger partial charge in [-0.1, -0.05) is 18.2 Å². The molecule has 168 valence electrons. The first kappa shape index (κ1) is 23.7. The van der Waals surface area contributed by atoms with E-state index < -0.39 is 0 Å². The van der Waals surface area contributed by atoms with Crippen LogP contribution in [0, 0.1) is 0 Å². The second kappa shape index (κ2) is 9.69. The van der Waals surface area contributed by atoms with Crippen LogP contribution in [0.1, 0.15) is 47.1 Å². The molecule has 3 rings (SSSR count). The Bertz CT molecular complexity index is 1040. The fraction of sp³-hybridized carbons (Fsp3) is 0.360. The molecule has 0 bridgehead atoms. The maximum atomic E-state index is 5.21. The maximum Gasteiger partial charge on any atom is 0.202 e. The highest BCUT2D eigenvalue weighted by molar-refractivity contribution is 8.29. The molecule has 0 amide bonds. The first-order valence-corrected chi connectivity index (χ1v) is 11.4. The summed E-state index contributed by atoms with van der Waals surface area (Å²) in [6.45, 7) is 12.5. The second-order valence-corrected chi connectivity index (χ2v) is 10.3. The van der Waals surface area contributed by atoms with Gasteiger partial charge in [-0.05, 0) is 95.3 Å². The summed E-state index contributed by atoms with van der Waals surface area (Å²) in [6.07, 6.45) is 1.73. The summed E-state index contributed by atoms with van der Waals surface area (Å²) < 4.78 is 5.21. The molecular weight excluding hydrogens is 418 g/mol. The van der Waals surface area contributed by atoms with Crippen LogP contribution in [0.4, 0.5) is 5.69 Å². The Hall–Kier alpha value is -2.93. The number of hydrogen-bond donors (Lipinski definition) is 0. The smallest absolute Gasteiger partial charge is 0.202 e. The first-order chi connectivity index (χ1) is 15.1. The number of nitrogens with zero attached hydrogens (tertiary/aromatic N) is 5. The van der Waals surface area contributed by atoms with Gasteiger partial charge in [0.05, 0.1) is 24.4 Å². The number of anilines is 1. The van der Waals surface area contributed by atoms with Crippen molar-refractivity contribution >= 4 is 39.7 Å². The Morgan fingerprint density at radius 2 is 1.47 bits per heavy atom. The lowest BCUT2D eigenvalue weighted by molar-refractivity contribution is 0.415. The van der Waals surface area contributed by atoms with Gasteiger partial charge in [-0.2, -0.15) is 5.10 Å². The third kappa shape index (κ3) is 6.53. The van der Waals surface area contributed by atoms with E-state index >= 15 is 0 Å². The van der Waals surface area contributed by atoms with Gasteiger partial charge in [0.2, 0.25) is 5.17 Å². The van der Waals surface area contributed by atoms with Crippen LogP contribution in [-0.4, -0.2) is 40.4 Å². The molecule has 0 aromatic heterocycles. The molecule has 0 radical (unpaired) electrons. The quantitative estimate of drug-likeness (QED) is 0.423. The van der Waals surface area contributed by atoms with Crippen LogP contribution in [-0.2, 0) is 0 Å². The molecule has 0 atom stereocenters. The van der Waals surface area contributed by atoms with Gasteiger partial charge in [0.15, 0.2) is 5.84 Å².